The molecule has 0 fully saturated rings. The minimum absolute atomic E-state index is 0.223. The zero-order valence-corrected chi connectivity index (χ0v) is 14.5. The molecule has 1 heterocycles. The molecule has 0 amide bonds. The number of ether oxygens (including phenoxy) is 1. The van der Waals surface area contributed by atoms with Gasteiger partial charge in [0.2, 0.25) is 5.88 Å². The summed E-state index contributed by atoms with van der Waals surface area (Å²) < 4.78 is 5.68. The molecule has 1 aromatic carbocycles. The van der Waals surface area contributed by atoms with Gasteiger partial charge in [-0.05, 0) is 25.0 Å². The van der Waals surface area contributed by atoms with Gasteiger partial charge in [0.1, 0.15) is 0 Å². The number of anilines is 1. The van der Waals surface area contributed by atoms with Crippen LogP contribution in [-0.2, 0) is 0 Å². The predicted molar refractivity (Wildman–Crippen MR) is 91.3 cm³/mol. The maximum Gasteiger partial charge on any atom is 0.238 e. The van der Waals surface area contributed by atoms with E-state index in [4.69, 9.17) is 45.3 Å². The molecule has 0 unspecified atom stereocenters. The zero-order valence-electron chi connectivity index (χ0n) is 12.2. The van der Waals surface area contributed by atoms with Crippen molar-refractivity contribution in [3.05, 3.63) is 39.2 Å². The standard InChI is InChI=1S/C15H16Cl3N3O/c1-3-8(4-2)13-15(18)20-7-12(21-13)22-14-10(16)5-9(19)6-11(14)17/h5-8H,3-4,19H2,1-2H3. The van der Waals surface area contributed by atoms with Crippen LogP contribution in [0.3, 0.4) is 0 Å². The van der Waals surface area contributed by atoms with Crippen LogP contribution in [0.4, 0.5) is 5.69 Å². The average molecular weight is 361 g/mol. The molecule has 0 spiro atoms. The van der Waals surface area contributed by atoms with Crippen LogP contribution in [0, 0.1) is 0 Å². The van der Waals surface area contributed by atoms with Crippen molar-refractivity contribution in [3.63, 3.8) is 0 Å². The van der Waals surface area contributed by atoms with Crippen molar-refractivity contribution in [1.82, 2.24) is 9.97 Å². The van der Waals surface area contributed by atoms with Gasteiger partial charge in [-0.1, -0.05) is 48.7 Å². The lowest BCUT2D eigenvalue weighted by molar-refractivity contribution is 0.454. The Bertz CT molecular complexity index is 652. The van der Waals surface area contributed by atoms with E-state index in [2.05, 4.69) is 23.8 Å². The number of nitrogens with two attached hydrogens (primary N) is 1. The summed E-state index contributed by atoms with van der Waals surface area (Å²) in [6.45, 7) is 4.15. The highest BCUT2D eigenvalue weighted by atomic mass is 35.5. The molecule has 0 aliphatic carbocycles. The summed E-state index contributed by atoms with van der Waals surface area (Å²) >= 11 is 18.4. The average Bonchev–Trinajstić information content (AvgIpc) is 2.47. The van der Waals surface area contributed by atoms with Gasteiger partial charge >= 0.3 is 0 Å². The Morgan fingerprint density at radius 2 is 1.73 bits per heavy atom. The first-order valence-electron chi connectivity index (χ1n) is 6.91. The van der Waals surface area contributed by atoms with Gasteiger partial charge in [-0.2, -0.15) is 0 Å². The normalized spacial score (nSPS) is 11.0. The summed E-state index contributed by atoms with van der Waals surface area (Å²) in [4.78, 5) is 8.59. The number of hydrogen-bond donors (Lipinski definition) is 1. The van der Waals surface area contributed by atoms with Crippen LogP contribution in [0.25, 0.3) is 0 Å². The van der Waals surface area contributed by atoms with Crippen molar-refractivity contribution in [3.8, 4) is 11.6 Å². The second-order valence-corrected chi connectivity index (χ2v) is 5.99. The zero-order chi connectivity index (χ0) is 16.3. The van der Waals surface area contributed by atoms with Crippen molar-refractivity contribution < 1.29 is 4.74 Å². The summed E-state index contributed by atoms with van der Waals surface area (Å²) in [5.74, 6) is 0.811. The predicted octanol–water partition coefficient (Wildman–Crippen LogP) is 5.71. The number of nitrogens with zero attached hydrogens (tertiary/aromatic N) is 2. The molecule has 2 rings (SSSR count). The van der Waals surface area contributed by atoms with Crippen molar-refractivity contribution in [1.29, 1.82) is 0 Å². The molecule has 0 saturated carbocycles. The molecule has 0 bridgehead atoms. The molecule has 0 atom stereocenters. The number of aromatic nitrogens is 2. The fourth-order valence-electron chi connectivity index (χ4n) is 2.14. The van der Waals surface area contributed by atoms with Crippen LogP contribution in [-0.4, -0.2) is 9.97 Å². The molecule has 2 aromatic rings. The topological polar surface area (TPSA) is 61.0 Å². The highest BCUT2D eigenvalue weighted by molar-refractivity contribution is 6.37. The van der Waals surface area contributed by atoms with Gasteiger partial charge in [-0.25, -0.2) is 9.97 Å². The molecular weight excluding hydrogens is 345 g/mol. The second-order valence-electron chi connectivity index (χ2n) is 4.81. The number of halogens is 3. The first kappa shape index (κ1) is 17.1. The van der Waals surface area contributed by atoms with E-state index in [1.54, 1.807) is 12.1 Å². The van der Waals surface area contributed by atoms with Gasteiger partial charge < -0.3 is 10.5 Å². The first-order chi connectivity index (χ1) is 10.5. The van der Waals surface area contributed by atoms with Crippen LogP contribution in [0.1, 0.15) is 38.3 Å². The van der Waals surface area contributed by atoms with Crippen molar-refractivity contribution >= 4 is 40.5 Å². The minimum atomic E-state index is 0.223. The Kier molecular flexibility index (Phi) is 5.73. The summed E-state index contributed by atoms with van der Waals surface area (Å²) in [5, 5.41) is 1.01. The van der Waals surface area contributed by atoms with Gasteiger partial charge in [-0.15, -0.1) is 0 Å². The molecule has 0 saturated heterocycles. The number of benzene rings is 1. The molecular formula is C15H16Cl3N3O. The van der Waals surface area contributed by atoms with Crippen LogP contribution in [0.2, 0.25) is 15.2 Å². The number of nitrogen functional groups attached to an aromatic ring is 1. The Morgan fingerprint density at radius 1 is 1.14 bits per heavy atom. The summed E-state index contributed by atoms with van der Waals surface area (Å²) in [6, 6.07) is 3.13. The SMILES string of the molecule is CCC(CC)c1nc(Oc2c(Cl)cc(N)cc2Cl)cnc1Cl. The molecule has 0 aliphatic rings. The fraction of sp³-hybridized carbons (Fsp3) is 0.333. The van der Waals surface area contributed by atoms with Gasteiger partial charge in [-0.3, -0.25) is 0 Å². The van der Waals surface area contributed by atoms with Crippen LogP contribution < -0.4 is 10.5 Å². The number of rotatable bonds is 5. The first-order valence-corrected chi connectivity index (χ1v) is 8.04. The van der Waals surface area contributed by atoms with Crippen LogP contribution in [0.5, 0.6) is 11.6 Å². The largest absolute Gasteiger partial charge is 0.434 e. The second kappa shape index (κ2) is 7.36. The van der Waals surface area contributed by atoms with Gasteiger partial charge in [0, 0.05) is 11.6 Å². The summed E-state index contributed by atoms with van der Waals surface area (Å²) in [5.41, 5.74) is 6.85. The van der Waals surface area contributed by atoms with Crippen molar-refractivity contribution in [2.24, 2.45) is 0 Å². The van der Waals surface area contributed by atoms with Gasteiger partial charge in [0.05, 0.1) is 21.9 Å². The van der Waals surface area contributed by atoms with E-state index in [9.17, 15) is 0 Å². The maximum absolute atomic E-state index is 6.14. The van der Waals surface area contributed by atoms with E-state index in [0.717, 1.165) is 12.8 Å². The van der Waals surface area contributed by atoms with E-state index in [1.165, 1.54) is 6.20 Å². The Hall–Kier alpha value is -1.23. The third kappa shape index (κ3) is 3.75. The summed E-state index contributed by atoms with van der Waals surface area (Å²) in [6.07, 6.45) is 3.27. The molecule has 0 radical (unpaired) electrons. The minimum Gasteiger partial charge on any atom is -0.434 e. The van der Waals surface area contributed by atoms with E-state index in [-0.39, 0.29) is 5.92 Å². The quantitative estimate of drug-likeness (QED) is 0.693. The van der Waals surface area contributed by atoms with Gasteiger partial charge in [0.15, 0.2) is 10.9 Å². The maximum atomic E-state index is 6.14. The van der Waals surface area contributed by atoms with Crippen LogP contribution in [0.15, 0.2) is 18.3 Å². The van der Waals surface area contributed by atoms with Gasteiger partial charge in [0.25, 0.3) is 0 Å². The molecule has 7 heteroatoms. The van der Waals surface area contributed by atoms with E-state index < -0.39 is 0 Å². The highest BCUT2D eigenvalue weighted by Gasteiger charge is 2.17. The highest BCUT2D eigenvalue weighted by Crippen LogP contribution is 2.38. The monoisotopic (exact) mass is 359 g/mol. The van der Waals surface area contributed by atoms with Crippen molar-refractivity contribution in [2.45, 2.75) is 32.6 Å². The fourth-order valence-corrected chi connectivity index (χ4v) is 2.96. The molecule has 118 valence electrons. The van der Waals surface area contributed by atoms with E-state index >= 15 is 0 Å². The lowest BCUT2D eigenvalue weighted by Crippen LogP contribution is -2.03. The Labute approximate surface area is 144 Å². The molecule has 22 heavy (non-hydrogen) atoms. The van der Waals surface area contributed by atoms with Crippen LogP contribution >= 0.6 is 34.8 Å². The summed E-state index contributed by atoms with van der Waals surface area (Å²) in [7, 11) is 0. The Balaban J connectivity index is 2.37. The smallest absolute Gasteiger partial charge is 0.238 e. The molecule has 2 N–H and O–H groups in total. The number of hydrogen-bond acceptors (Lipinski definition) is 4. The molecule has 4 nitrogen and oxygen atoms in total. The third-order valence-corrected chi connectivity index (χ3v) is 4.18. The van der Waals surface area contributed by atoms with E-state index in [1.807, 2.05) is 0 Å². The third-order valence-electron chi connectivity index (χ3n) is 3.33. The van der Waals surface area contributed by atoms with E-state index in [0.29, 0.717) is 38.2 Å². The Morgan fingerprint density at radius 3 is 2.27 bits per heavy atom. The van der Waals surface area contributed by atoms with Crippen molar-refractivity contribution in [2.75, 3.05) is 5.73 Å². The molecule has 0 aliphatic heterocycles. The molecule has 1 aromatic heterocycles. The lowest BCUT2D eigenvalue weighted by Gasteiger charge is -2.15. The lowest BCUT2D eigenvalue weighted by atomic mass is 10.00.